The second-order valence-corrected chi connectivity index (χ2v) is 5.54. The van der Waals surface area contributed by atoms with Crippen molar-refractivity contribution in [2.75, 3.05) is 11.9 Å². The molecule has 0 unspecified atom stereocenters. The van der Waals surface area contributed by atoms with Crippen LogP contribution in [0.4, 0.5) is 5.95 Å². The van der Waals surface area contributed by atoms with Gasteiger partial charge in [0.05, 0.1) is 11.4 Å². The molecule has 6 heteroatoms. The van der Waals surface area contributed by atoms with Crippen LogP contribution < -0.4 is 5.32 Å². The van der Waals surface area contributed by atoms with Crippen LogP contribution in [0.15, 0.2) is 0 Å². The summed E-state index contributed by atoms with van der Waals surface area (Å²) < 4.78 is 0. The Morgan fingerprint density at radius 1 is 1.21 bits per heavy atom. The van der Waals surface area contributed by atoms with Gasteiger partial charge >= 0.3 is 5.97 Å². The molecule has 0 amide bonds. The summed E-state index contributed by atoms with van der Waals surface area (Å²) in [4.78, 5) is 14.9. The predicted molar refractivity (Wildman–Crippen MR) is 73.1 cm³/mol. The number of hydrogen-bond donors (Lipinski definition) is 2. The molecule has 0 aromatic carbocycles. The molecular formula is C13H22N4O2. The number of carboxylic acids is 1. The monoisotopic (exact) mass is 266 g/mol. The first-order valence-corrected chi connectivity index (χ1v) is 6.44. The molecule has 0 spiro atoms. The van der Waals surface area contributed by atoms with E-state index in [9.17, 15) is 4.79 Å². The third kappa shape index (κ3) is 5.63. The van der Waals surface area contributed by atoms with Crippen molar-refractivity contribution in [3.8, 4) is 0 Å². The standard InChI is InChI=1S/C13H22N4O2/c1-9-10(2)16-17-12(15-9)14-8-7-13(3,4)6-5-11(18)19/h5-8H2,1-4H3,(H,18,19)(H,14,15,17). The number of aliphatic carboxylic acids is 1. The van der Waals surface area contributed by atoms with Gasteiger partial charge in [-0.15, -0.1) is 5.10 Å². The summed E-state index contributed by atoms with van der Waals surface area (Å²) in [6, 6.07) is 0. The first-order chi connectivity index (χ1) is 8.80. The number of carbonyl (C=O) groups is 1. The van der Waals surface area contributed by atoms with Gasteiger partial charge in [-0.2, -0.15) is 5.10 Å². The maximum absolute atomic E-state index is 10.6. The Morgan fingerprint density at radius 2 is 1.89 bits per heavy atom. The SMILES string of the molecule is Cc1nnc(NCCC(C)(C)CCC(=O)O)nc1C. The summed E-state index contributed by atoms with van der Waals surface area (Å²) in [6.45, 7) is 8.60. The van der Waals surface area contributed by atoms with Crippen LogP contribution in [-0.2, 0) is 4.79 Å². The topological polar surface area (TPSA) is 88.0 Å². The fourth-order valence-electron chi connectivity index (χ4n) is 1.61. The van der Waals surface area contributed by atoms with Crippen LogP contribution in [0.2, 0.25) is 0 Å². The maximum Gasteiger partial charge on any atom is 0.303 e. The van der Waals surface area contributed by atoms with E-state index in [1.54, 1.807) is 0 Å². The molecule has 0 aliphatic heterocycles. The highest BCUT2D eigenvalue weighted by Gasteiger charge is 2.18. The van der Waals surface area contributed by atoms with E-state index in [1.807, 2.05) is 13.8 Å². The molecule has 0 saturated heterocycles. The lowest BCUT2D eigenvalue weighted by atomic mass is 9.84. The summed E-state index contributed by atoms with van der Waals surface area (Å²) >= 11 is 0. The van der Waals surface area contributed by atoms with E-state index in [-0.39, 0.29) is 11.8 Å². The van der Waals surface area contributed by atoms with Gasteiger partial charge < -0.3 is 10.4 Å². The van der Waals surface area contributed by atoms with Gasteiger partial charge in [-0.1, -0.05) is 13.8 Å². The molecule has 0 saturated carbocycles. The van der Waals surface area contributed by atoms with Crippen LogP contribution in [0.1, 0.15) is 44.5 Å². The third-order valence-corrected chi connectivity index (χ3v) is 3.19. The molecule has 0 aliphatic rings. The van der Waals surface area contributed by atoms with Crippen LogP contribution in [-0.4, -0.2) is 32.8 Å². The van der Waals surface area contributed by atoms with Gasteiger partial charge in [0, 0.05) is 13.0 Å². The molecule has 0 bridgehead atoms. The first kappa shape index (κ1) is 15.3. The maximum atomic E-state index is 10.6. The zero-order chi connectivity index (χ0) is 14.5. The average Bonchev–Trinajstić information content (AvgIpc) is 2.31. The highest BCUT2D eigenvalue weighted by molar-refractivity contribution is 5.66. The van der Waals surface area contributed by atoms with Crippen molar-refractivity contribution < 1.29 is 9.90 Å². The van der Waals surface area contributed by atoms with Crippen molar-refractivity contribution in [1.29, 1.82) is 0 Å². The number of aromatic nitrogens is 3. The van der Waals surface area contributed by atoms with Crippen LogP contribution in [0, 0.1) is 19.3 Å². The number of hydrogen-bond acceptors (Lipinski definition) is 5. The molecule has 1 aromatic rings. The van der Waals surface area contributed by atoms with Gasteiger partial charge in [-0.25, -0.2) is 4.98 Å². The minimum absolute atomic E-state index is 0.0153. The van der Waals surface area contributed by atoms with Gasteiger partial charge in [0.25, 0.3) is 0 Å². The quantitative estimate of drug-likeness (QED) is 0.786. The molecule has 2 N–H and O–H groups in total. The lowest BCUT2D eigenvalue weighted by Gasteiger charge is -2.23. The van der Waals surface area contributed by atoms with E-state index in [1.165, 1.54) is 0 Å². The zero-order valence-electron chi connectivity index (χ0n) is 12.0. The normalized spacial score (nSPS) is 11.4. The van der Waals surface area contributed by atoms with Crippen molar-refractivity contribution in [3.63, 3.8) is 0 Å². The highest BCUT2D eigenvalue weighted by atomic mass is 16.4. The van der Waals surface area contributed by atoms with Crippen molar-refractivity contribution in [2.24, 2.45) is 5.41 Å². The second-order valence-electron chi connectivity index (χ2n) is 5.54. The molecule has 0 aliphatic carbocycles. The minimum atomic E-state index is -0.747. The summed E-state index contributed by atoms with van der Waals surface area (Å²) in [5.74, 6) is -0.222. The Bertz CT molecular complexity index is 446. The van der Waals surface area contributed by atoms with E-state index in [0.29, 0.717) is 18.9 Å². The van der Waals surface area contributed by atoms with E-state index in [2.05, 4.69) is 34.3 Å². The third-order valence-electron chi connectivity index (χ3n) is 3.19. The smallest absolute Gasteiger partial charge is 0.303 e. The van der Waals surface area contributed by atoms with Gasteiger partial charge in [0.15, 0.2) is 0 Å². The fraction of sp³-hybridized carbons (Fsp3) is 0.692. The van der Waals surface area contributed by atoms with Crippen molar-refractivity contribution in [2.45, 2.75) is 47.0 Å². The van der Waals surface area contributed by atoms with Crippen LogP contribution in [0.5, 0.6) is 0 Å². The number of rotatable bonds is 7. The number of anilines is 1. The Hall–Kier alpha value is -1.72. The zero-order valence-corrected chi connectivity index (χ0v) is 12.0. The number of nitrogens with zero attached hydrogens (tertiary/aromatic N) is 3. The molecule has 0 fully saturated rings. The van der Waals surface area contributed by atoms with E-state index in [4.69, 9.17) is 5.11 Å². The summed E-state index contributed by atoms with van der Waals surface area (Å²) in [5.41, 5.74) is 1.67. The van der Waals surface area contributed by atoms with E-state index >= 15 is 0 Å². The molecule has 1 rings (SSSR count). The summed E-state index contributed by atoms with van der Waals surface area (Å²) in [6.07, 6.45) is 1.72. The van der Waals surface area contributed by atoms with E-state index < -0.39 is 5.97 Å². The van der Waals surface area contributed by atoms with E-state index in [0.717, 1.165) is 17.8 Å². The molecule has 106 valence electrons. The van der Waals surface area contributed by atoms with Crippen LogP contribution in [0.25, 0.3) is 0 Å². The predicted octanol–water partition coefficient (Wildman–Crippen LogP) is 2.18. The second kappa shape index (κ2) is 6.45. The minimum Gasteiger partial charge on any atom is -0.481 e. The lowest BCUT2D eigenvalue weighted by molar-refractivity contribution is -0.137. The van der Waals surface area contributed by atoms with Crippen molar-refractivity contribution >= 4 is 11.9 Å². The molecular weight excluding hydrogens is 244 g/mol. The lowest BCUT2D eigenvalue weighted by Crippen LogP contribution is -2.19. The van der Waals surface area contributed by atoms with Crippen LogP contribution >= 0.6 is 0 Å². The first-order valence-electron chi connectivity index (χ1n) is 6.44. The molecule has 0 atom stereocenters. The Kier molecular flexibility index (Phi) is 5.20. The summed E-state index contributed by atoms with van der Waals surface area (Å²) in [5, 5.41) is 19.8. The molecule has 0 radical (unpaired) electrons. The van der Waals surface area contributed by atoms with Gasteiger partial charge in [0.1, 0.15) is 0 Å². The Labute approximate surface area is 113 Å². The fourth-order valence-corrected chi connectivity index (χ4v) is 1.61. The molecule has 1 aromatic heterocycles. The van der Waals surface area contributed by atoms with Gasteiger partial charge in [-0.3, -0.25) is 4.79 Å². The number of nitrogens with one attached hydrogen (secondary N) is 1. The summed E-state index contributed by atoms with van der Waals surface area (Å²) in [7, 11) is 0. The Morgan fingerprint density at radius 3 is 2.47 bits per heavy atom. The van der Waals surface area contributed by atoms with Crippen molar-refractivity contribution in [1.82, 2.24) is 15.2 Å². The highest BCUT2D eigenvalue weighted by Crippen LogP contribution is 2.26. The largest absolute Gasteiger partial charge is 0.481 e. The van der Waals surface area contributed by atoms with Gasteiger partial charge in [-0.05, 0) is 32.1 Å². The average molecular weight is 266 g/mol. The Balaban J connectivity index is 2.40. The molecule has 6 nitrogen and oxygen atoms in total. The van der Waals surface area contributed by atoms with Crippen LogP contribution in [0.3, 0.4) is 0 Å². The van der Waals surface area contributed by atoms with Gasteiger partial charge in [0.2, 0.25) is 5.95 Å². The molecule has 1 heterocycles. The van der Waals surface area contributed by atoms with Crippen molar-refractivity contribution in [3.05, 3.63) is 11.4 Å². The number of aryl methyl sites for hydroxylation is 2. The molecule has 19 heavy (non-hydrogen) atoms. The number of carboxylic acid groups (broad SMARTS) is 1.